The Morgan fingerprint density at radius 2 is 1.50 bits per heavy atom. The molecule has 62 valence electrons. The Labute approximate surface area is 62.1 Å². The summed E-state index contributed by atoms with van der Waals surface area (Å²) < 4.78 is 15.0. The lowest BCUT2D eigenvalue weighted by Crippen LogP contribution is -2.43. The zero-order chi connectivity index (χ0) is 8.04. The molecule has 0 spiro atoms. The van der Waals surface area contributed by atoms with Crippen molar-refractivity contribution in [1.29, 1.82) is 0 Å². The summed E-state index contributed by atoms with van der Waals surface area (Å²) in [6.45, 7) is 0.0295. The first-order chi connectivity index (χ1) is 4.74. The Bertz CT molecular complexity index is 75.5. The second-order valence-electron chi connectivity index (χ2n) is 1.77. The van der Waals surface area contributed by atoms with Gasteiger partial charge >= 0.3 is 8.80 Å². The van der Waals surface area contributed by atoms with Crippen molar-refractivity contribution < 1.29 is 18.4 Å². The van der Waals surface area contributed by atoms with Crippen LogP contribution in [0.3, 0.4) is 0 Å². The topological polar surface area (TPSA) is 47.9 Å². The Balaban J connectivity index is 3.87. The van der Waals surface area contributed by atoms with Gasteiger partial charge in [-0.2, -0.15) is 0 Å². The third-order valence-corrected chi connectivity index (χ3v) is 4.05. The average Bonchev–Trinajstić information content (AvgIpc) is 2.01. The fourth-order valence-electron chi connectivity index (χ4n) is 0.693. The zero-order valence-electron chi connectivity index (χ0n) is 6.59. The first kappa shape index (κ1) is 10.1. The van der Waals surface area contributed by atoms with E-state index in [0.717, 1.165) is 0 Å². The van der Waals surface area contributed by atoms with Crippen molar-refractivity contribution in [2.75, 3.05) is 27.9 Å². The predicted octanol–water partition coefficient (Wildman–Crippen LogP) is -0.143. The number of aliphatic hydroxyl groups is 1. The van der Waals surface area contributed by atoms with Gasteiger partial charge < -0.3 is 18.4 Å². The van der Waals surface area contributed by atoms with Crippen molar-refractivity contribution in [3.8, 4) is 0 Å². The van der Waals surface area contributed by atoms with Crippen LogP contribution in [-0.2, 0) is 13.3 Å². The Kier molecular flexibility index (Phi) is 4.84. The molecule has 0 aromatic rings. The highest BCUT2D eigenvalue weighted by atomic mass is 28.4. The molecule has 0 aromatic carbocycles. The van der Waals surface area contributed by atoms with Gasteiger partial charge in [0, 0.05) is 34.0 Å². The second kappa shape index (κ2) is 4.81. The monoisotopic (exact) mass is 166 g/mol. The van der Waals surface area contributed by atoms with Crippen LogP contribution in [0.2, 0.25) is 6.04 Å². The van der Waals surface area contributed by atoms with Crippen LogP contribution in [0.1, 0.15) is 0 Å². The van der Waals surface area contributed by atoms with Gasteiger partial charge in [0.15, 0.2) is 0 Å². The molecule has 4 nitrogen and oxygen atoms in total. The number of hydrogen-bond acceptors (Lipinski definition) is 4. The van der Waals surface area contributed by atoms with Crippen molar-refractivity contribution in [2.45, 2.75) is 6.04 Å². The summed E-state index contributed by atoms with van der Waals surface area (Å²) in [5.74, 6) is 0. The minimum absolute atomic E-state index is 0.0295. The molecule has 0 aliphatic rings. The lowest BCUT2D eigenvalue weighted by molar-refractivity contribution is 0.116. The smallest absolute Gasteiger partial charge is 0.396 e. The maximum atomic E-state index is 8.59. The van der Waals surface area contributed by atoms with Gasteiger partial charge in [-0.3, -0.25) is 0 Å². The molecule has 0 amide bonds. The number of hydrogen-bond donors (Lipinski definition) is 1. The Hall–Kier alpha value is 0.0569. The molecule has 0 radical (unpaired) electrons. The molecule has 0 saturated heterocycles. The van der Waals surface area contributed by atoms with Gasteiger partial charge in [-0.1, -0.05) is 0 Å². The Morgan fingerprint density at radius 1 is 1.10 bits per heavy atom. The van der Waals surface area contributed by atoms with E-state index in [9.17, 15) is 0 Å². The van der Waals surface area contributed by atoms with Crippen LogP contribution in [0.15, 0.2) is 0 Å². The van der Waals surface area contributed by atoms with E-state index in [1.54, 1.807) is 0 Å². The first-order valence-corrected chi connectivity index (χ1v) is 4.94. The summed E-state index contributed by atoms with van der Waals surface area (Å²) in [6.07, 6.45) is 0. The molecular weight excluding hydrogens is 152 g/mol. The standard InChI is InChI=1S/C5H14O4Si/c1-7-10(8-2,9-3)5-4-6/h6H,4-5H2,1-3H3. The molecule has 0 rings (SSSR count). The molecule has 0 saturated carbocycles. The molecule has 0 aliphatic heterocycles. The van der Waals surface area contributed by atoms with E-state index in [1.165, 1.54) is 21.3 Å². The second-order valence-corrected chi connectivity index (χ2v) is 4.86. The maximum Gasteiger partial charge on any atom is 0.502 e. The van der Waals surface area contributed by atoms with E-state index in [-0.39, 0.29) is 6.61 Å². The summed E-state index contributed by atoms with van der Waals surface area (Å²) in [5, 5.41) is 8.59. The molecule has 5 heteroatoms. The highest BCUT2D eigenvalue weighted by Gasteiger charge is 2.36. The van der Waals surface area contributed by atoms with E-state index in [1.807, 2.05) is 0 Å². The van der Waals surface area contributed by atoms with Gasteiger partial charge in [-0.15, -0.1) is 0 Å². The summed E-state index contributed by atoms with van der Waals surface area (Å²) >= 11 is 0. The van der Waals surface area contributed by atoms with Gasteiger partial charge in [0.1, 0.15) is 0 Å². The summed E-state index contributed by atoms with van der Waals surface area (Å²) in [7, 11) is 2.10. The molecule has 0 heterocycles. The molecular formula is C5H14O4Si. The average molecular weight is 166 g/mol. The van der Waals surface area contributed by atoms with Crippen LogP contribution in [0.5, 0.6) is 0 Å². The fourth-order valence-corrected chi connectivity index (χ4v) is 2.08. The van der Waals surface area contributed by atoms with Crippen LogP contribution >= 0.6 is 0 Å². The molecule has 0 aromatic heterocycles. The van der Waals surface area contributed by atoms with Crippen molar-refractivity contribution in [1.82, 2.24) is 0 Å². The maximum absolute atomic E-state index is 8.59. The minimum Gasteiger partial charge on any atom is -0.396 e. The molecule has 10 heavy (non-hydrogen) atoms. The van der Waals surface area contributed by atoms with Crippen LogP contribution in [0.25, 0.3) is 0 Å². The third kappa shape index (κ3) is 2.35. The van der Waals surface area contributed by atoms with Crippen molar-refractivity contribution >= 4 is 8.80 Å². The normalized spacial score (nSPS) is 12.0. The van der Waals surface area contributed by atoms with Gasteiger partial charge in [-0.05, 0) is 0 Å². The van der Waals surface area contributed by atoms with Crippen molar-refractivity contribution in [3.05, 3.63) is 0 Å². The van der Waals surface area contributed by atoms with Crippen LogP contribution in [0, 0.1) is 0 Å². The van der Waals surface area contributed by atoms with E-state index in [0.29, 0.717) is 6.04 Å². The van der Waals surface area contributed by atoms with Crippen LogP contribution < -0.4 is 0 Å². The highest BCUT2D eigenvalue weighted by Crippen LogP contribution is 2.10. The first-order valence-electron chi connectivity index (χ1n) is 3.01. The zero-order valence-corrected chi connectivity index (χ0v) is 7.59. The molecule has 0 fully saturated rings. The van der Waals surface area contributed by atoms with Gasteiger partial charge in [-0.25, -0.2) is 0 Å². The molecule has 0 atom stereocenters. The lowest BCUT2D eigenvalue weighted by Gasteiger charge is -2.22. The van der Waals surface area contributed by atoms with E-state index in [2.05, 4.69) is 0 Å². The van der Waals surface area contributed by atoms with Crippen LogP contribution in [-0.4, -0.2) is 41.8 Å². The van der Waals surface area contributed by atoms with E-state index >= 15 is 0 Å². The van der Waals surface area contributed by atoms with Gasteiger partial charge in [0.05, 0.1) is 0 Å². The third-order valence-electron chi connectivity index (χ3n) is 1.35. The van der Waals surface area contributed by atoms with Gasteiger partial charge in [0.2, 0.25) is 0 Å². The summed E-state index contributed by atoms with van der Waals surface area (Å²) in [4.78, 5) is 0. The molecule has 0 unspecified atom stereocenters. The molecule has 0 bridgehead atoms. The van der Waals surface area contributed by atoms with E-state index in [4.69, 9.17) is 18.4 Å². The molecule has 1 N–H and O–H groups in total. The number of rotatable bonds is 5. The largest absolute Gasteiger partial charge is 0.502 e. The SMILES string of the molecule is CO[Si](CCO)(OC)OC. The van der Waals surface area contributed by atoms with Crippen molar-refractivity contribution in [2.24, 2.45) is 0 Å². The van der Waals surface area contributed by atoms with Crippen LogP contribution in [0.4, 0.5) is 0 Å². The summed E-state index contributed by atoms with van der Waals surface area (Å²) in [6, 6.07) is 0.441. The minimum atomic E-state index is -2.47. The Morgan fingerprint density at radius 3 is 1.60 bits per heavy atom. The summed E-state index contributed by atoms with van der Waals surface area (Å²) in [5.41, 5.74) is 0. The highest BCUT2D eigenvalue weighted by molar-refractivity contribution is 6.60. The molecule has 0 aliphatic carbocycles. The van der Waals surface area contributed by atoms with Gasteiger partial charge in [0.25, 0.3) is 0 Å². The quantitative estimate of drug-likeness (QED) is 0.577. The number of aliphatic hydroxyl groups excluding tert-OH is 1. The predicted molar refractivity (Wildman–Crippen MR) is 38.7 cm³/mol. The van der Waals surface area contributed by atoms with Crippen molar-refractivity contribution in [3.63, 3.8) is 0 Å². The lowest BCUT2D eigenvalue weighted by atomic mass is 10.9. The van der Waals surface area contributed by atoms with E-state index < -0.39 is 8.80 Å². The fraction of sp³-hybridized carbons (Fsp3) is 1.00.